The van der Waals surface area contributed by atoms with Gasteiger partial charge in [0.25, 0.3) is 5.91 Å². The number of carbonyl (C=O) groups excluding carboxylic acids is 1. The van der Waals surface area contributed by atoms with Gasteiger partial charge in [-0.3, -0.25) is 9.69 Å². The number of halogens is 1. The summed E-state index contributed by atoms with van der Waals surface area (Å²) in [5, 5.41) is 13.2. The Kier molecular flexibility index (Phi) is 3.84. The molecule has 0 saturated carbocycles. The lowest BCUT2D eigenvalue weighted by molar-refractivity contribution is 0.0975. The number of amides is 1. The van der Waals surface area contributed by atoms with E-state index >= 15 is 0 Å². The number of nitrogens with one attached hydrogen (secondary N) is 1. The molecule has 0 saturated heterocycles. The van der Waals surface area contributed by atoms with Crippen LogP contribution in [0.2, 0.25) is 0 Å². The minimum atomic E-state index is -0.470. The molecule has 1 aliphatic heterocycles. The fraction of sp³-hybridized carbons (Fsp3) is 0.0952. The van der Waals surface area contributed by atoms with Crippen molar-refractivity contribution in [2.45, 2.75) is 13.1 Å². The van der Waals surface area contributed by atoms with Crippen LogP contribution in [0.4, 0.5) is 15.8 Å². The van der Waals surface area contributed by atoms with E-state index < -0.39 is 6.17 Å². The van der Waals surface area contributed by atoms with Crippen LogP contribution in [-0.4, -0.2) is 11.0 Å². The number of benzene rings is 3. The van der Waals surface area contributed by atoms with Crippen molar-refractivity contribution in [1.29, 1.82) is 0 Å². The van der Waals surface area contributed by atoms with Crippen molar-refractivity contribution in [3.8, 4) is 5.75 Å². The van der Waals surface area contributed by atoms with E-state index in [1.165, 1.54) is 12.1 Å². The van der Waals surface area contributed by atoms with Crippen LogP contribution in [0.15, 0.2) is 66.7 Å². The molecule has 3 aromatic carbocycles. The zero-order valence-corrected chi connectivity index (χ0v) is 14.1. The summed E-state index contributed by atoms with van der Waals surface area (Å²) in [5.41, 5.74) is 3.44. The van der Waals surface area contributed by atoms with E-state index in [1.807, 2.05) is 24.3 Å². The predicted octanol–water partition coefficient (Wildman–Crippen LogP) is 4.61. The molecule has 1 amide bonds. The first kappa shape index (κ1) is 16.1. The highest BCUT2D eigenvalue weighted by Crippen LogP contribution is 2.37. The molecule has 1 heterocycles. The Morgan fingerprint density at radius 2 is 1.77 bits per heavy atom. The van der Waals surface area contributed by atoms with Gasteiger partial charge < -0.3 is 10.4 Å². The van der Waals surface area contributed by atoms with Crippen LogP contribution in [0.3, 0.4) is 0 Å². The molecule has 1 unspecified atom stereocenters. The highest BCUT2D eigenvalue weighted by Gasteiger charge is 2.34. The lowest BCUT2D eigenvalue weighted by atomic mass is 10.0. The number of rotatable bonds is 2. The Morgan fingerprint density at radius 3 is 2.50 bits per heavy atom. The van der Waals surface area contributed by atoms with Crippen LogP contribution >= 0.6 is 0 Å². The van der Waals surface area contributed by atoms with Gasteiger partial charge in [0.05, 0.1) is 5.56 Å². The summed E-state index contributed by atoms with van der Waals surface area (Å²) < 4.78 is 13.4. The molecule has 2 N–H and O–H groups in total. The molecule has 4 nitrogen and oxygen atoms in total. The van der Waals surface area contributed by atoms with E-state index in [0.29, 0.717) is 11.3 Å². The summed E-state index contributed by atoms with van der Waals surface area (Å²) in [5.74, 6) is -0.324. The van der Waals surface area contributed by atoms with Crippen LogP contribution in [0, 0.1) is 12.7 Å². The average Bonchev–Trinajstić information content (AvgIpc) is 2.65. The second-order valence-corrected chi connectivity index (χ2v) is 6.29. The second kappa shape index (κ2) is 6.19. The van der Waals surface area contributed by atoms with Crippen molar-refractivity contribution in [2.24, 2.45) is 0 Å². The molecule has 130 valence electrons. The summed E-state index contributed by atoms with van der Waals surface area (Å²) in [4.78, 5) is 14.8. The molecule has 5 heteroatoms. The number of fused-ring (bicyclic) bond motifs is 1. The van der Waals surface area contributed by atoms with Crippen LogP contribution in [0.25, 0.3) is 0 Å². The predicted molar refractivity (Wildman–Crippen MR) is 98.9 cm³/mol. The van der Waals surface area contributed by atoms with Crippen LogP contribution < -0.4 is 10.2 Å². The summed E-state index contributed by atoms with van der Waals surface area (Å²) in [6, 6.07) is 18.4. The van der Waals surface area contributed by atoms with E-state index in [1.54, 1.807) is 42.2 Å². The van der Waals surface area contributed by atoms with Crippen molar-refractivity contribution < 1.29 is 14.3 Å². The lowest BCUT2D eigenvalue weighted by Gasteiger charge is -2.38. The number of para-hydroxylation sites is 1. The third-order valence-corrected chi connectivity index (χ3v) is 4.57. The summed E-state index contributed by atoms with van der Waals surface area (Å²) in [6.45, 7) is 1.81. The summed E-state index contributed by atoms with van der Waals surface area (Å²) in [6.07, 6.45) is -0.470. The van der Waals surface area contributed by atoms with E-state index in [4.69, 9.17) is 0 Å². The first-order chi connectivity index (χ1) is 12.5. The minimum absolute atomic E-state index is 0.165. The van der Waals surface area contributed by atoms with Gasteiger partial charge in [-0.05, 0) is 66.6 Å². The zero-order chi connectivity index (χ0) is 18.3. The molecule has 0 bridgehead atoms. The van der Waals surface area contributed by atoms with Gasteiger partial charge in [-0.2, -0.15) is 0 Å². The van der Waals surface area contributed by atoms with Gasteiger partial charge in [-0.1, -0.05) is 18.2 Å². The van der Waals surface area contributed by atoms with Crippen LogP contribution in [-0.2, 0) is 0 Å². The number of aryl methyl sites for hydroxylation is 1. The Bertz CT molecular complexity index is 986. The van der Waals surface area contributed by atoms with Crippen molar-refractivity contribution in [2.75, 3.05) is 10.2 Å². The first-order valence-corrected chi connectivity index (χ1v) is 8.29. The molecule has 3 aromatic rings. The first-order valence-electron chi connectivity index (χ1n) is 8.29. The molecule has 1 atom stereocenters. The smallest absolute Gasteiger partial charge is 0.262 e. The van der Waals surface area contributed by atoms with Crippen molar-refractivity contribution in [3.05, 3.63) is 89.2 Å². The molecule has 1 aliphatic rings. The number of phenolic OH excluding ortho intramolecular Hbond substituents is 1. The SMILES string of the molecule is Cc1cc(C2Nc3ccccc3C(=O)N2c2ccc(F)cc2)ccc1O. The molecule has 0 aromatic heterocycles. The molecule has 0 spiro atoms. The van der Waals surface area contributed by atoms with E-state index in [9.17, 15) is 14.3 Å². The zero-order valence-electron chi connectivity index (χ0n) is 14.1. The largest absolute Gasteiger partial charge is 0.508 e. The fourth-order valence-corrected chi connectivity index (χ4v) is 3.20. The van der Waals surface area contributed by atoms with Crippen molar-refractivity contribution >= 4 is 17.3 Å². The topological polar surface area (TPSA) is 52.6 Å². The third-order valence-electron chi connectivity index (χ3n) is 4.57. The molecule has 26 heavy (non-hydrogen) atoms. The van der Waals surface area contributed by atoms with Gasteiger partial charge in [-0.25, -0.2) is 4.39 Å². The molecule has 0 fully saturated rings. The number of nitrogens with zero attached hydrogens (tertiary/aromatic N) is 1. The van der Waals surface area contributed by atoms with Gasteiger partial charge in [0.15, 0.2) is 0 Å². The van der Waals surface area contributed by atoms with Gasteiger partial charge in [0.2, 0.25) is 0 Å². The number of hydrogen-bond acceptors (Lipinski definition) is 3. The molecular formula is C21H17FN2O2. The summed E-state index contributed by atoms with van der Waals surface area (Å²) >= 11 is 0. The highest BCUT2D eigenvalue weighted by molar-refractivity contribution is 6.12. The van der Waals surface area contributed by atoms with E-state index in [-0.39, 0.29) is 17.5 Å². The normalized spacial score (nSPS) is 16.2. The number of anilines is 2. The maximum atomic E-state index is 13.4. The quantitative estimate of drug-likeness (QED) is 0.711. The lowest BCUT2D eigenvalue weighted by Crippen LogP contribution is -2.43. The van der Waals surface area contributed by atoms with Gasteiger partial charge in [0, 0.05) is 11.4 Å². The fourth-order valence-electron chi connectivity index (χ4n) is 3.20. The maximum absolute atomic E-state index is 13.4. The molecule has 0 radical (unpaired) electrons. The van der Waals surface area contributed by atoms with Crippen LogP contribution in [0.5, 0.6) is 5.75 Å². The van der Waals surface area contributed by atoms with Gasteiger partial charge in [0.1, 0.15) is 17.7 Å². The maximum Gasteiger partial charge on any atom is 0.262 e. The van der Waals surface area contributed by atoms with Crippen molar-refractivity contribution in [3.63, 3.8) is 0 Å². The molecule has 4 rings (SSSR count). The number of phenols is 1. The molecular weight excluding hydrogens is 331 g/mol. The minimum Gasteiger partial charge on any atom is -0.508 e. The average molecular weight is 348 g/mol. The summed E-state index contributed by atoms with van der Waals surface area (Å²) in [7, 11) is 0. The Labute approximate surface area is 150 Å². The Hall–Kier alpha value is -3.34. The standard InChI is InChI=1S/C21H17FN2O2/c1-13-12-14(6-11-19(13)25)20-23-18-5-3-2-4-17(18)21(26)24(20)16-9-7-15(22)8-10-16/h2-12,20,23,25H,1H3. The number of hydrogen-bond donors (Lipinski definition) is 2. The number of carbonyl (C=O) groups is 1. The van der Waals surface area contributed by atoms with E-state index in [0.717, 1.165) is 16.8 Å². The number of aromatic hydroxyl groups is 1. The Balaban J connectivity index is 1.86. The second-order valence-electron chi connectivity index (χ2n) is 6.29. The van der Waals surface area contributed by atoms with Gasteiger partial charge >= 0.3 is 0 Å². The van der Waals surface area contributed by atoms with Crippen LogP contribution in [0.1, 0.15) is 27.7 Å². The monoisotopic (exact) mass is 348 g/mol. The van der Waals surface area contributed by atoms with E-state index in [2.05, 4.69) is 5.32 Å². The highest BCUT2D eigenvalue weighted by atomic mass is 19.1. The van der Waals surface area contributed by atoms with Gasteiger partial charge in [-0.15, -0.1) is 0 Å². The third kappa shape index (κ3) is 2.67. The molecule has 0 aliphatic carbocycles. The Morgan fingerprint density at radius 1 is 1.04 bits per heavy atom. The van der Waals surface area contributed by atoms with Crippen molar-refractivity contribution in [1.82, 2.24) is 0 Å².